The third-order valence-electron chi connectivity index (χ3n) is 2.76. The van der Waals surface area contributed by atoms with Gasteiger partial charge in [0.15, 0.2) is 0 Å². The van der Waals surface area contributed by atoms with Gasteiger partial charge in [0.2, 0.25) is 0 Å². The molecular weight excluding hydrogens is 349 g/mol. The van der Waals surface area contributed by atoms with Crippen molar-refractivity contribution in [3.63, 3.8) is 0 Å². The molecule has 5 nitrogen and oxygen atoms in total. The number of β-amino-alcohol motifs (C(OH)–C–C–N with tert-alkyl or cyclic N) is 1. The Balaban J connectivity index is -0.00000120. The summed E-state index contributed by atoms with van der Waals surface area (Å²) in [6.07, 6.45) is -0.596. The van der Waals surface area contributed by atoms with Crippen molar-refractivity contribution in [2.24, 2.45) is 0 Å². The first kappa shape index (κ1) is 26.3. The zero-order valence-corrected chi connectivity index (χ0v) is 15.8. The molecule has 0 saturated heterocycles. The number of hydrogen-bond acceptors (Lipinski definition) is 5. The van der Waals surface area contributed by atoms with Crippen LogP contribution in [0.4, 0.5) is 11.4 Å². The lowest BCUT2D eigenvalue weighted by atomic mass is 10.1. The lowest BCUT2D eigenvalue weighted by Crippen LogP contribution is -2.42. The normalized spacial score (nSPS) is 11.5. The maximum Gasteiger partial charge on any atom is 0.144 e. The van der Waals surface area contributed by atoms with Crippen molar-refractivity contribution in [1.82, 2.24) is 5.32 Å². The predicted octanol–water partition coefficient (Wildman–Crippen LogP) is 2.55. The van der Waals surface area contributed by atoms with Crippen LogP contribution in [0.2, 0.25) is 0 Å². The van der Waals surface area contributed by atoms with Crippen molar-refractivity contribution in [3.05, 3.63) is 17.7 Å². The van der Waals surface area contributed by atoms with Crippen LogP contribution < -0.4 is 21.5 Å². The first-order valence-electron chi connectivity index (χ1n) is 6.41. The zero-order chi connectivity index (χ0) is 14.6. The fraction of sp³-hybridized carbons (Fsp3) is 0.571. The highest BCUT2D eigenvalue weighted by Gasteiger charge is 2.13. The molecule has 0 aliphatic carbocycles. The third-order valence-corrected chi connectivity index (χ3v) is 2.76. The van der Waals surface area contributed by atoms with Crippen LogP contribution in [0, 0.1) is 6.92 Å². The van der Waals surface area contributed by atoms with E-state index >= 15 is 0 Å². The summed E-state index contributed by atoms with van der Waals surface area (Å²) in [7, 11) is 0. The van der Waals surface area contributed by atoms with E-state index in [2.05, 4.69) is 5.32 Å². The number of aliphatic hydroxyl groups excluding tert-OH is 1. The molecular formula is C14H28Cl3N3O2. The molecule has 6 N–H and O–H groups in total. The number of nitrogens with one attached hydrogen (secondary N) is 1. The van der Waals surface area contributed by atoms with Gasteiger partial charge in [-0.25, -0.2) is 0 Å². The van der Waals surface area contributed by atoms with E-state index in [1.54, 1.807) is 6.07 Å². The van der Waals surface area contributed by atoms with E-state index in [1.807, 2.05) is 33.8 Å². The topological polar surface area (TPSA) is 93.5 Å². The van der Waals surface area contributed by atoms with E-state index in [0.717, 1.165) is 5.56 Å². The standard InChI is InChI=1S/C14H25N3O2.3ClH/c1-9-5-6-11(13(16)12(9)15)19-8-10(18)7-17-14(2,3)4;;;/h5-6,10,17-18H,7-8,15-16H2,1-4H3;3*1H. The number of ether oxygens (including phenoxy) is 1. The summed E-state index contributed by atoms with van der Waals surface area (Å²) in [6, 6.07) is 3.62. The highest BCUT2D eigenvalue weighted by atomic mass is 35.5. The minimum absolute atomic E-state index is 0. The summed E-state index contributed by atoms with van der Waals surface area (Å²) < 4.78 is 5.50. The number of aliphatic hydroxyl groups is 1. The van der Waals surface area contributed by atoms with Crippen molar-refractivity contribution in [1.29, 1.82) is 0 Å². The lowest BCUT2D eigenvalue weighted by molar-refractivity contribution is 0.100. The van der Waals surface area contributed by atoms with Gasteiger partial charge >= 0.3 is 0 Å². The lowest BCUT2D eigenvalue weighted by Gasteiger charge is -2.23. The molecule has 0 radical (unpaired) electrons. The van der Waals surface area contributed by atoms with Gasteiger partial charge in [-0.2, -0.15) is 0 Å². The number of nitrogen functional groups attached to an aromatic ring is 2. The molecule has 0 bridgehead atoms. The van der Waals surface area contributed by atoms with Crippen LogP contribution in [0.25, 0.3) is 0 Å². The Hall–Kier alpha value is -0.590. The van der Waals surface area contributed by atoms with Crippen LogP contribution in [0.3, 0.4) is 0 Å². The Morgan fingerprint density at radius 2 is 1.68 bits per heavy atom. The van der Waals surface area contributed by atoms with Gasteiger partial charge in [0.1, 0.15) is 18.5 Å². The van der Waals surface area contributed by atoms with Crippen molar-refractivity contribution in [3.8, 4) is 5.75 Å². The average Bonchev–Trinajstić information content (AvgIpc) is 2.32. The third kappa shape index (κ3) is 8.76. The van der Waals surface area contributed by atoms with Crippen molar-refractivity contribution in [2.45, 2.75) is 39.3 Å². The first-order valence-corrected chi connectivity index (χ1v) is 6.41. The molecule has 22 heavy (non-hydrogen) atoms. The number of nitrogens with two attached hydrogens (primary N) is 2. The largest absolute Gasteiger partial charge is 0.489 e. The minimum Gasteiger partial charge on any atom is -0.489 e. The van der Waals surface area contributed by atoms with Crippen molar-refractivity contribution < 1.29 is 9.84 Å². The van der Waals surface area contributed by atoms with E-state index in [-0.39, 0.29) is 49.4 Å². The molecule has 0 spiro atoms. The summed E-state index contributed by atoms with van der Waals surface area (Å²) in [5, 5.41) is 13.0. The van der Waals surface area contributed by atoms with E-state index in [4.69, 9.17) is 16.2 Å². The SMILES string of the molecule is Cc1ccc(OCC(O)CNC(C)(C)C)c(N)c1N.Cl.Cl.Cl. The summed E-state index contributed by atoms with van der Waals surface area (Å²) >= 11 is 0. The highest BCUT2D eigenvalue weighted by molar-refractivity contribution is 5.86. The van der Waals surface area contributed by atoms with Crippen molar-refractivity contribution >= 4 is 48.6 Å². The van der Waals surface area contributed by atoms with Crippen LogP contribution in [0.15, 0.2) is 12.1 Å². The molecule has 1 unspecified atom stereocenters. The Kier molecular flexibility index (Phi) is 13.2. The maximum atomic E-state index is 9.83. The number of aryl methyl sites for hydroxylation is 1. The Morgan fingerprint density at radius 1 is 1.14 bits per heavy atom. The Labute approximate surface area is 151 Å². The monoisotopic (exact) mass is 375 g/mol. The van der Waals surface area contributed by atoms with E-state index in [1.165, 1.54) is 0 Å². The van der Waals surface area contributed by atoms with Gasteiger partial charge in [-0.3, -0.25) is 0 Å². The Bertz CT molecular complexity index is 440. The molecule has 0 fully saturated rings. The summed E-state index contributed by atoms with van der Waals surface area (Å²) in [5.74, 6) is 0.512. The number of rotatable bonds is 5. The first-order chi connectivity index (χ1) is 8.70. The molecule has 132 valence electrons. The van der Waals surface area contributed by atoms with Gasteiger partial charge in [-0.05, 0) is 39.3 Å². The molecule has 0 amide bonds. The Morgan fingerprint density at radius 3 is 2.18 bits per heavy atom. The van der Waals surface area contributed by atoms with Crippen LogP contribution >= 0.6 is 37.2 Å². The fourth-order valence-corrected chi connectivity index (χ4v) is 1.52. The number of benzene rings is 1. The smallest absolute Gasteiger partial charge is 0.144 e. The summed E-state index contributed by atoms with van der Waals surface area (Å²) in [5.41, 5.74) is 13.5. The second-order valence-electron chi connectivity index (χ2n) is 5.80. The molecule has 0 aliphatic heterocycles. The van der Waals surface area contributed by atoms with Crippen LogP contribution in [0.5, 0.6) is 5.75 Å². The van der Waals surface area contributed by atoms with E-state index in [9.17, 15) is 5.11 Å². The van der Waals surface area contributed by atoms with E-state index in [0.29, 0.717) is 23.7 Å². The number of hydrogen-bond donors (Lipinski definition) is 4. The van der Waals surface area contributed by atoms with Gasteiger partial charge in [-0.1, -0.05) is 6.07 Å². The second-order valence-corrected chi connectivity index (χ2v) is 5.80. The highest BCUT2D eigenvalue weighted by Crippen LogP contribution is 2.30. The molecule has 8 heteroatoms. The molecule has 0 aliphatic rings. The summed E-state index contributed by atoms with van der Waals surface area (Å²) in [4.78, 5) is 0. The minimum atomic E-state index is -0.596. The molecule has 1 aromatic rings. The van der Waals surface area contributed by atoms with Gasteiger partial charge in [0.05, 0.1) is 11.4 Å². The van der Waals surface area contributed by atoms with Gasteiger partial charge in [0.25, 0.3) is 0 Å². The fourth-order valence-electron chi connectivity index (χ4n) is 1.52. The molecule has 0 aromatic heterocycles. The summed E-state index contributed by atoms with van der Waals surface area (Å²) in [6.45, 7) is 8.65. The zero-order valence-electron chi connectivity index (χ0n) is 13.4. The molecule has 0 saturated carbocycles. The van der Waals surface area contributed by atoms with Gasteiger partial charge in [-0.15, -0.1) is 37.2 Å². The molecule has 1 atom stereocenters. The van der Waals surface area contributed by atoms with Crippen LogP contribution in [-0.4, -0.2) is 29.9 Å². The van der Waals surface area contributed by atoms with Crippen LogP contribution in [0.1, 0.15) is 26.3 Å². The quantitative estimate of drug-likeness (QED) is 0.593. The van der Waals surface area contributed by atoms with Crippen LogP contribution in [-0.2, 0) is 0 Å². The number of halogens is 3. The number of anilines is 2. The van der Waals surface area contributed by atoms with Gasteiger partial charge < -0.3 is 26.6 Å². The molecule has 1 rings (SSSR count). The van der Waals surface area contributed by atoms with E-state index < -0.39 is 6.10 Å². The molecule has 1 aromatic carbocycles. The average molecular weight is 377 g/mol. The molecule has 0 heterocycles. The second kappa shape index (κ2) is 11.0. The predicted molar refractivity (Wildman–Crippen MR) is 101 cm³/mol. The van der Waals surface area contributed by atoms with Gasteiger partial charge in [0, 0.05) is 12.1 Å². The van der Waals surface area contributed by atoms with Crippen molar-refractivity contribution in [2.75, 3.05) is 24.6 Å². The maximum absolute atomic E-state index is 9.83.